The van der Waals surface area contributed by atoms with Crippen LogP contribution in [0.3, 0.4) is 0 Å². The Morgan fingerprint density at radius 3 is 2.80 bits per heavy atom. The van der Waals surface area contributed by atoms with Crippen LogP contribution < -0.4 is 11.3 Å². The van der Waals surface area contributed by atoms with E-state index < -0.39 is 0 Å². The number of benzene rings is 1. The number of nitrogens with two attached hydrogens (primary N) is 1. The summed E-state index contributed by atoms with van der Waals surface area (Å²) in [5, 5.41) is 0.800. The van der Waals surface area contributed by atoms with Gasteiger partial charge >= 0.3 is 0 Å². The third kappa shape index (κ3) is 1.70. The molecule has 1 heterocycles. The van der Waals surface area contributed by atoms with Gasteiger partial charge < -0.3 is 5.73 Å². The summed E-state index contributed by atoms with van der Waals surface area (Å²) in [6, 6.07) is 7.82. The van der Waals surface area contributed by atoms with Crippen molar-refractivity contribution in [2.45, 2.75) is 19.4 Å². The highest BCUT2D eigenvalue weighted by Gasteiger charge is 2.13. The van der Waals surface area contributed by atoms with E-state index in [9.17, 15) is 4.79 Å². The molecule has 0 aliphatic carbocycles. The summed E-state index contributed by atoms with van der Waals surface area (Å²) in [4.78, 5) is 12.0. The Labute approximate surface area is 92.3 Å². The maximum absolute atomic E-state index is 12.0. The van der Waals surface area contributed by atoms with Crippen molar-refractivity contribution in [1.82, 2.24) is 3.96 Å². The summed E-state index contributed by atoms with van der Waals surface area (Å²) in [6.07, 6.45) is 0.892. The van der Waals surface area contributed by atoms with Gasteiger partial charge in [0.15, 0.2) is 0 Å². The van der Waals surface area contributed by atoms with Gasteiger partial charge in [0.05, 0.1) is 16.1 Å². The van der Waals surface area contributed by atoms with Gasteiger partial charge in [0.25, 0.3) is 5.56 Å². The third-order valence-corrected chi connectivity index (χ3v) is 3.80. The molecule has 1 aromatic carbocycles. The van der Waals surface area contributed by atoms with E-state index in [-0.39, 0.29) is 11.6 Å². The van der Waals surface area contributed by atoms with Crippen LogP contribution in [0.2, 0.25) is 0 Å². The summed E-state index contributed by atoms with van der Waals surface area (Å²) in [7, 11) is 0. The van der Waals surface area contributed by atoms with Gasteiger partial charge in [0.1, 0.15) is 0 Å². The molecule has 0 bridgehead atoms. The molecule has 4 heteroatoms. The van der Waals surface area contributed by atoms with Gasteiger partial charge in [-0.05, 0) is 18.6 Å². The van der Waals surface area contributed by atoms with Crippen molar-refractivity contribution in [2.24, 2.45) is 5.73 Å². The van der Waals surface area contributed by atoms with E-state index in [1.165, 1.54) is 11.5 Å². The minimum atomic E-state index is 0.0906. The first kappa shape index (κ1) is 10.4. The summed E-state index contributed by atoms with van der Waals surface area (Å²) in [5.41, 5.74) is 5.74. The fraction of sp³-hybridized carbons (Fsp3) is 0.364. The highest BCUT2D eigenvalue weighted by molar-refractivity contribution is 7.13. The summed E-state index contributed by atoms with van der Waals surface area (Å²) in [6.45, 7) is 2.57. The van der Waals surface area contributed by atoms with Gasteiger partial charge in [0, 0.05) is 6.54 Å². The zero-order chi connectivity index (χ0) is 10.8. The summed E-state index contributed by atoms with van der Waals surface area (Å²) < 4.78 is 2.83. The van der Waals surface area contributed by atoms with Crippen molar-refractivity contribution in [3.8, 4) is 0 Å². The average molecular weight is 222 g/mol. The molecule has 0 aliphatic rings. The fourth-order valence-corrected chi connectivity index (χ4v) is 2.83. The first-order valence-corrected chi connectivity index (χ1v) is 5.86. The zero-order valence-electron chi connectivity index (χ0n) is 8.64. The molecular weight excluding hydrogens is 208 g/mol. The summed E-state index contributed by atoms with van der Waals surface area (Å²) >= 11 is 1.51. The van der Waals surface area contributed by atoms with Crippen LogP contribution in [-0.4, -0.2) is 10.5 Å². The van der Waals surface area contributed by atoms with Crippen LogP contribution in [-0.2, 0) is 0 Å². The van der Waals surface area contributed by atoms with E-state index in [1.54, 1.807) is 3.96 Å². The van der Waals surface area contributed by atoms with Gasteiger partial charge in [-0.1, -0.05) is 30.6 Å². The molecule has 0 fully saturated rings. The van der Waals surface area contributed by atoms with Crippen LogP contribution in [0, 0.1) is 0 Å². The molecular formula is C11H14N2OS. The minimum absolute atomic E-state index is 0.0906. The largest absolute Gasteiger partial charge is 0.328 e. The highest BCUT2D eigenvalue weighted by atomic mass is 32.1. The maximum Gasteiger partial charge on any atom is 0.268 e. The number of nitrogens with zero attached hydrogens (tertiary/aromatic N) is 1. The van der Waals surface area contributed by atoms with Crippen LogP contribution in [0.15, 0.2) is 29.1 Å². The second kappa shape index (κ2) is 4.16. The predicted octanol–water partition coefficient (Wildman–Crippen LogP) is 1.97. The van der Waals surface area contributed by atoms with E-state index in [0.29, 0.717) is 6.54 Å². The standard InChI is InChI=1S/C11H14N2OS/c1-2-8(7-12)13-11(14)9-5-3-4-6-10(9)15-13/h3-6,8H,2,7,12H2,1H3. The molecule has 0 amide bonds. The molecule has 1 unspecified atom stereocenters. The van der Waals surface area contributed by atoms with E-state index in [0.717, 1.165) is 16.5 Å². The lowest BCUT2D eigenvalue weighted by Crippen LogP contribution is -2.24. The monoisotopic (exact) mass is 222 g/mol. The topological polar surface area (TPSA) is 48.0 Å². The number of aromatic nitrogens is 1. The molecule has 3 nitrogen and oxygen atoms in total. The molecule has 0 saturated heterocycles. The quantitative estimate of drug-likeness (QED) is 0.863. The molecule has 0 radical (unpaired) electrons. The van der Waals surface area contributed by atoms with Gasteiger partial charge in [0.2, 0.25) is 0 Å². The first-order chi connectivity index (χ1) is 7.27. The second-order valence-electron chi connectivity index (χ2n) is 3.52. The lowest BCUT2D eigenvalue weighted by atomic mass is 10.2. The van der Waals surface area contributed by atoms with Crippen molar-refractivity contribution in [3.05, 3.63) is 34.6 Å². The van der Waals surface area contributed by atoms with Gasteiger partial charge in [-0.2, -0.15) is 0 Å². The summed E-state index contributed by atoms with van der Waals surface area (Å²) in [5.74, 6) is 0. The molecule has 2 rings (SSSR count). The Bertz CT molecular complexity index is 511. The molecule has 0 spiro atoms. The van der Waals surface area contributed by atoms with Crippen molar-refractivity contribution in [1.29, 1.82) is 0 Å². The zero-order valence-corrected chi connectivity index (χ0v) is 9.46. The molecule has 80 valence electrons. The van der Waals surface area contributed by atoms with E-state index in [1.807, 2.05) is 31.2 Å². The Morgan fingerprint density at radius 2 is 2.20 bits per heavy atom. The second-order valence-corrected chi connectivity index (χ2v) is 4.53. The molecule has 1 aromatic heterocycles. The van der Waals surface area contributed by atoms with Crippen LogP contribution in [0.5, 0.6) is 0 Å². The minimum Gasteiger partial charge on any atom is -0.328 e. The van der Waals surface area contributed by atoms with Crippen LogP contribution >= 0.6 is 11.5 Å². The predicted molar refractivity (Wildman–Crippen MR) is 64.5 cm³/mol. The van der Waals surface area contributed by atoms with Crippen molar-refractivity contribution >= 4 is 21.6 Å². The maximum atomic E-state index is 12.0. The van der Waals surface area contributed by atoms with E-state index in [2.05, 4.69) is 0 Å². The lowest BCUT2D eigenvalue weighted by Gasteiger charge is -2.11. The molecule has 2 N–H and O–H groups in total. The lowest BCUT2D eigenvalue weighted by molar-refractivity contribution is 0.521. The van der Waals surface area contributed by atoms with Crippen molar-refractivity contribution in [2.75, 3.05) is 6.54 Å². The van der Waals surface area contributed by atoms with Crippen LogP contribution in [0.25, 0.3) is 10.1 Å². The Kier molecular flexibility index (Phi) is 2.88. The molecule has 0 aliphatic heterocycles. The molecule has 0 saturated carbocycles. The third-order valence-electron chi connectivity index (χ3n) is 2.59. The number of rotatable bonds is 3. The van der Waals surface area contributed by atoms with Crippen LogP contribution in [0.4, 0.5) is 0 Å². The first-order valence-electron chi connectivity index (χ1n) is 5.08. The Hall–Kier alpha value is -1.13. The molecule has 2 aromatic rings. The van der Waals surface area contributed by atoms with Gasteiger partial charge in [-0.15, -0.1) is 0 Å². The Balaban J connectivity index is 2.62. The average Bonchev–Trinajstić information content (AvgIpc) is 2.60. The molecule has 1 atom stereocenters. The highest BCUT2D eigenvalue weighted by Crippen LogP contribution is 2.20. The normalized spacial score (nSPS) is 13.2. The van der Waals surface area contributed by atoms with Gasteiger partial charge in [-0.25, -0.2) is 0 Å². The number of hydrogen-bond donors (Lipinski definition) is 1. The molecule has 15 heavy (non-hydrogen) atoms. The Morgan fingerprint density at radius 1 is 1.47 bits per heavy atom. The van der Waals surface area contributed by atoms with Gasteiger partial charge in [-0.3, -0.25) is 8.75 Å². The van der Waals surface area contributed by atoms with Crippen molar-refractivity contribution in [3.63, 3.8) is 0 Å². The number of fused-ring (bicyclic) bond motifs is 1. The van der Waals surface area contributed by atoms with Crippen LogP contribution in [0.1, 0.15) is 19.4 Å². The van der Waals surface area contributed by atoms with E-state index in [4.69, 9.17) is 5.73 Å². The van der Waals surface area contributed by atoms with Crippen molar-refractivity contribution < 1.29 is 0 Å². The SMILES string of the molecule is CCC(CN)n1sc2ccccc2c1=O. The smallest absolute Gasteiger partial charge is 0.268 e. The fourth-order valence-electron chi connectivity index (χ4n) is 1.66. The number of hydrogen-bond acceptors (Lipinski definition) is 3. The van der Waals surface area contributed by atoms with E-state index >= 15 is 0 Å².